The normalized spacial score (nSPS) is 10.5. The molecule has 2 aromatic carbocycles. The van der Waals surface area contributed by atoms with Crippen LogP contribution in [0.1, 0.15) is 22.3 Å². The van der Waals surface area contributed by atoms with Crippen molar-refractivity contribution >= 4 is 0 Å². The molecule has 1 radical (unpaired) electrons. The standard InChI is InChI=1S/C16H17/c1-11-8-9-15(10-13(11)3)16-7-5-6-12(2)14(16)4/h5-6,8-10H,1-4H3. The summed E-state index contributed by atoms with van der Waals surface area (Å²) in [6, 6.07) is 14.1. The summed E-state index contributed by atoms with van der Waals surface area (Å²) in [5.41, 5.74) is 7.82. The summed E-state index contributed by atoms with van der Waals surface area (Å²) in [6.07, 6.45) is 0. The number of hydrogen-bond acceptors (Lipinski definition) is 0. The second kappa shape index (κ2) is 4.13. The molecular weight excluding hydrogens is 192 g/mol. The van der Waals surface area contributed by atoms with Crippen LogP contribution in [0, 0.1) is 33.8 Å². The molecule has 0 aliphatic rings. The fraction of sp³-hybridized carbons (Fsp3) is 0.250. The van der Waals surface area contributed by atoms with Crippen molar-refractivity contribution in [1.29, 1.82) is 0 Å². The van der Waals surface area contributed by atoms with Gasteiger partial charge in [0.05, 0.1) is 0 Å². The van der Waals surface area contributed by atoms with E-state index in [9.17, 15) is 0 Å². The van der Waals surface area contributed by atoms with Crippen molar-refractivity contribution < 1.29 is 0 Å². The topological polar surface area (TPSA) is 0 Å². The van der Waals surface area contributed by atoms with Crippen LogP contribution in [0.2, 0.25) is 0 Å². The Bertz CT molecular complexity index is 522. The number of hydrogen-bond donors (Lipinski definition) is 0. The van der Waals surface area contributed by atoms with Gasteiger partial charge in [-0.25, -0.2) is 0 Å². The van der Waals surface area contributed by atoms with Gasteiger partial charge in [-0.3, -0.25) is 0 Å². The smallest absolute Gasteiger partial charge is 0.00732 e. The maximum absolute atomic E-state index is 3.34. The third-order valence-corrected chi connectivity index (χ3v) is 3.32. The monoisotopic (exact) mass is 209 g/mol. The zero-order valence-corrected chi connectivity index (χ0v) is 10.4. The zero-order chi connectivity index (χ0) is 11.7. The van der Waals surface area contributed by atoms with Crippen LogP contribution in [0.5, 0.6) is 0 Å². The zero-order valence-electron chi connectivity index (χ0n) is 10.4. The molecule has 0 aliphatic carbocycles. The summed E-state index contributed by atoms with van der Waals surface area (Å²) in [4.78, 5) is 0. The van der Waals surface area contributed by atoms with E-state index in [2.05, 4.69) is 58.0 Å². The fourth-order valence-electron chi connectivity index (χ4n) is 1.88. The molecule has 0 heteroatoms. The van der Waals surface area contributed by atoms with E-state index in [1.807, 2.05) is 6.07 Å². The summed E-state index contributed by atoms with van der Waals surface area (Å²) < 4.78 is 0. The number of rotatable bonds is 1. The SMILES string of the molecule is Cc1ccc(-c2[c]ccc(C)c2C)cc1C. The summed E-state index contributed by atoms with van der Waals surface area (Å²) in [6.45, 7) is 8.61. The highest BCUT2D eigenvalue weighted by atomic mass is 14.1. The van der Waals surface area contributed by atoms with Crippen molar-refractivity contribution in [3.05, 3.63) is 58.7 Å². The van der Waals surface area contributed by atoms with Crippen LogP contribution in [0.15, 0.2) is 30.3 Å². The lowest BCUT2D eigenvalue weighted by Gasteiger charge is -2.10. The summed E-state index contributed by atoms with van der Waals surface area (Å²) in [5, 5.41) is 0. The Morgan fingerprint density at radius 1 is 0.812 bits per heavy atom. The van der Waals surface area contributed by atoms with E-state index in [0.29, 0.717) is 0 Å². The van der Waals surface area contributed by atoms with E-state index in [4.69, 9.17) is 0 Å². The first-order valence-corrected chi connectivity index (χ1v) is 5.65. The third kappa shape index (κ3) is 1.88. The van der Waals surface area contributed by atoms with Gasteiger partial charge in [-0.15, -0.1) is 0 Å². The highest BCUT2D eigenvalue weighted by molar-refractivity contribution is 5.68. The van der Waals surface area contributed by atoms with E-state index in [1.165, 1.54) is 33.4 Å². The average molecular weight is 209 g/mol. The van der Waals surface area contributed by atoms with Gasteiger partial charge in [-0.1, -0.05) is 30.3 Å². The van der Waals surface area contributed by atoms with Gasteiger partial charge < -0.3 is 0 Å². The minimum Gasteiger partial charge on any atom is -0.0584 e. The predicted molar refractivity (Wildman–Crippen MR) is 69.7 cm³/mol. The van der Waals surface area contributed by atoms with Crippen molar-refractivity contribution in [3.8, 4) is 11.1 Å². The molecule has 81 valence electrons. The molecule has 2 aromatic rings. The second-order valence-corrected chi connectivity index (χ2v) is 4.46. The molecule has 0 atom stereocenters. The largest absolute Gasteiger partial charge is 0.0584 e. The minimum atomic E-state index is 1.23. The van der Waals surface area contributed by atoms with Gasteiger partial charge in [-0.2, -0.15) is 0 Å². The first-order chi connectivity index (χ1) is 7.59. The van der Waals surface area contributed by atoms with Crippen LogP contribution in [0.25, 0.3) is 11.1 Å². The van der Waals surface area contributed by atoms with Gasteiger partial charge in [0.15, 0.2) is 0 Å². The lowest BCUT2D eigenvalue weighted by atomic mass is 9.95. The Morgan fingerprint density at radius 3 is 2.25 bits per heavy atom. The van der Waals surface area contributed by atoms with E-state index in [0.717, 1.165) is 0 Å². The summed E-state index contributed by atoms with van der Waals surface area (Å²) >= 11 is 0. The Hall–Kier alpha value is -1.56. The Labute approximate surface area is 97.9 Å². The average Bonchev–Trinajstić information content (AvgIpc) is 2.26. The Kier molecular flexibility index (Phi) is 2.82. The van der Waals surface area contributed by atoms with Crippen molar-refractivity contribution in [3.63, 3.8) is 0 Å². The van der Waals surface area contributed by atoms with Gasteiger partial charge in [0, 0.05) is 0 Å². The highest BCUT2D eigenvalue weighted by Gasteiger charge is 2.04. The van der Waals surface area contributed by atoms with E-state index in [-0.39, 0.29) is 0 Å². The maximum atomic E-state index is 3.34. The van der Waals surface area contributed by atoms with Crippen molar-refractivity contribution in [2.75, 3.05) is 0 Å². The van der Waals surface area contributed by atoms with E-state index < -0.39 is 0 Å². The first kappa shape index (κ1) is 10.9. The van der Waals surface area contributed by atoms with Crippen LogP contribution >= 0.6 is 0 Å². The molecule has 0 amide bonds. The lowest BCUT2D eigenvalue weighted by Crippen LogP contribution is -1.89. The predicted octanol–water partition coefficient (Wildman–Crippen LogP) is 4.39. The van der Waals surface area contributed by atoms with E-state index in [1.54, 1.807) is 0 Å². The van der Waals surface area contributed by atoms with Crippen LogP contribution in [-0.2, 0) is 0 Å². The molecular formula is C16H17. The molecule has 0 fully saturated rings. The molecule has 0 spiro atoms. The molecule has 0 aliphatic heterocycles. The first-order valence-electron chi connectivity index (χ1n) is 5.65. The van der Waals surface area contributed by atoms with Crippen LogP contribution in [0.4, 0.5) is 0 Å². The third-order valence-electron chi connectivity index (χ3n) is 3.32. The van der Waals surface area contributed by atoms with Crippen molar-refractivity contribution in [2.24, 2.45) is 0 Å². The Morgan fingerprint density at radius 2 is 1.56 bits per heavy atom. The molecule has 0 bridgehead atoms. The molecule has 0 saturated heterocycles. The van der Waals surface area contributed by atoms with Gasteiger partial charge >= 0.3 is 0 Å². The highest BCUT2D eigenvalue weighted by Crippen LogP contribution is 2.26. The Balaban J connectivity index is 2.59. The second-order valence-electron chi connectivity index (χ2n) is 4.46. The molecule has 0 aromatic heterocycles. The van der Waals surface area contributed by atoms with Gasteiger partial charge in [-0.05, 0) is 67.1 Å². The van der Waals surface area contributed by atoms with Crippen LogP contribution < -0.4 is 0 Å². The van der Waals surface area contributed by atoms with Crippen LogP contribution in [-0.4, -0.2) is 0 Å². The fourth-order valence-corrected chi connectivity index (χ4v) is 1.88. The molecule has 0 unspecified atom stereocenters. The summed E-state index contributed by atoms with van der Waals surface area (Å²) in [5.74, 6) is 0. The summed E-state index contributed by atoms with van der Waals surface area (Å²) in [7, 11) is 0. The van der Waals surface area contributed by atoms with Gasteiger partial charge in [0.2, 0.25) is 0 Å². The maximum Gasteiger partial charge on any atom is -0.00732 e. The van der Waals surface area contributed by atoms with Crippen molar-refractivity contribution in [2.45, 2.75) is 27.7 Å². The molecule has 2 rings (SSSR count). The lowest BCUT2D eigenvalue weighted by molar-refractivity contribution is 1.31. The van der Waals surface area contributed by atoms with Crippen LogP contribution in [0.3, 0.4) is 0 Å². The molecule has 0 N–H and O–H groups in total. The minimum absolute atomic E-state index is 1.23. The van der Waals surface area contributed by atoms with E-state index >= 15 is 0 Å². The van der Waals surface area contributed by atoms with Gasteiger partial charge in [0.25, 0.3) is 0 Å². The number of benzene rings is 2. The quantitative estimate of drug-likeness (QED) is 0.653. The molecule has 0 heterocycles. The van der Waals surface area contributed by atoms with Gasteiger partial charge in [0.1, 0.15) is 0 Å². The molecule has 0 saturated carbocycles. The van der Waals surface area contributed by atoms with Crippen molar-refractivity contribution in [1.82, 2.24) is 0 Å². The number of aryl methyl sites for hydroxylation is 3. The molecule has 16 heavy (non-hydrogen) atoms. The molecule has 0 nitrogen and oxygen atoms in total.